The highest BCUT2D eigenvalue weighted by atomic mass is 16.5. The molecule has 0 atom stereocenters. The lowest BCUT2D eigenvalue weighted by atomic mass is 10.1. The van der Waals surface area contributed by atoms with Gasteiger partial charge in [-0.3, -0.25) is 19.3 Å². The first-order valence-electron chi connectivity index (χ1n) is 5.88. The van der Waals surface area contributed by atoms with Crippen molar-refractivity contribution >= 4 is 23.5 Å². The number of anilines is 1. The summed E-state index contributed by atoms with van der Waals surface area (Å²) in [6.07, 6.45) is 0. The number of carbonyl (C=O) groups is 3. The lowest BCUT2D eigenvalue weighted by Crippen LogP contribution is -2.34. The van der Waals surface area contributed by atoms with Gasteiger partial charge < -0.3 is 15.8 Å². The second-order valence-corrected chi connectivity index (χ2v) is 4.21. The van der Waals surface area contributed by atoms with Crippen molar-refractivity contribution in [3.63, 3.8) is 0 Å². The summed E-state index contributed by atoms with van der Waals surface area (Å²) in [5.74, 6) is -1.41. The van der Waals surface area contributed by atoms with Crippen molar-refractivity contribution in [2.75, 3.05) is 32.6 Å². The molecule has 20 heavy (non-hydrogen) atoms. The molecule has 0 radical (unpaired) electrons. The number of hydrogen-bond donors (Lipinski definition) is 2. The molecule has 108 valence electrons. The van der Waals surface area contributed by atoms with Crippen LogP contribution < -0.4 is 11.1 Å². The minimum absolute atomic E-state index is 0.00138. The van der Waals surface area contributed by atoms with Crippen LogP contribution in [0.2, 0.25) is 0 Å². The number of methoxy groups -OCH3 is 1. The molecule has 3 N–H and O–H groups in total. The fourth-order valence-corrected chi connectivity index (χ4v) is 1.58. The number of amides is 2. The van der Waals surface area contributed by atoms with Crippen molar-refractivity contribution in [1.82, 2.24) is 4.90 Å². The highest BCUT2D eigenvalue weighted by Gasteiger charge is 2.13. The van der Waals surface area contributed by atoms with E-state index in [9.17, 15) is 14.4 Å². The van der Waals surface area contributed by atoms with E-state index in [4.69, 9.17) is 5.73 Å². The van der Waals surface area contributed by atoms with Gasteiger partial charge in [-0.2, -0.15) is 0 Å². The molecule has 1 aromatic rings. The van der Waals surface area contributed by atoms with E-state index in [1.54, 1.807) is 25.2 Å². The summed E-state index contributed by atoms with van der Waals surface area (Å²) >= 11 is 0. The molecule has 1 aromatic carbocycles. The minimum Gasteiger partial charge on any atom is -0.468 e. The first kappa shape index (κ1) is 15.6. The second-order valence-electron chi connectivity index (χ2n) is 4.21. The molecule has 2 amide bonds. The highest BCUT2D eigenvalue weighted by molar-refractivity contribution is 6.03. The quantitative estimate of drug-likeness (QED) is 0.704. The molecule has 7 nitrogen and oxygen atoms in total. The number of ether oxygens (including phenoxy) is 1. The summed E-state index contributed by atoms with van der Waals surface area (Å²) in [5.41, 5.74) is 5.79. The Labute approximate surface area is 116 Å². The number of rotatable bonds is 6. The van der Waals surface area contributed by atoms with Gasteiger partial charge in [0.1, 0.15) is 0 Å². The predicted octanol–water partition coefficient (Wildman–Crippen LogP) is -0.171. The van der Waals surface area contributed by atoms with Crippen LogP contribution in [0.1, 0.15) is 10.4 Å². The number of nitrogens with zero attached hydrogens (tertiary/aromatic N) is 1. The molecular weight excluding hydrogens is 262 g/mol. The Hall–Kier alpha value is -2.41. The van der Waals surface area contributed by atoms with Crippen LogP contribution in [-0.4, -0.2) is 49.9 Å². The third kappa shape index (κ3) is 4.69. The maximum atomic E-state index is 11.8. The number of likely N-dealkylation sites (N-methyl/N-ethyl adjacent to an activating group) is 1. The van der Waals surface area contributed by atoms with E-state index < -0.39 is 11.9 Å². The molecule has 0 fully saturated rings. The van der Waals surface area contributed by atoms with E-state index in [1.165, 1.54) is 18.1 Å². The van der Waals surface area contributed by atoms with Gasteiger partial charge in [-0.05, 0) is 19.2 Å². The van der Waals surface area contributed by atoms with Crippen LogP contribution in [0, 0.1) is 0 Å². The smallest absolute Gasteiger partial charge is 0.319 e. The van der Waals surface area contributed by atoms with Crippen molar-refractivity contribution in [1.29, 1.82) is 0 Å². The number of carbonyl (C=O) groups excluding carboxylic acids is 3. The Kier molecular flexibility index (Phi) is 5.67. The average molecular weight is 279 g/mol. The zero-order valence-electron chi connectivity index (χ0n) is 11.4. The Morgan fingerprint density at radius 3 is 2.50 bits per heavy atom. The Morgan fingerprint density at radius 2 is 1.90 bits per heavy atom. The molecule has 0 saturated carbocycles. The number of nitrogens with two attached hydrogens (primary N) is 1. The highest BCUT2D eigenvalue weighted by Crippen LogP contribution is 2.13. The number of primary amides is 1. The van der Waals surface area contributed by atoms with Gasteiger partial charge in [0.05, 0.1) is 31.5 Å². The fraction of sp³-hybridized carbons (Fsp3) is 0.308. The molecule has 1 rings (SSSR count). The van der Waals surface area contributed by atoms with Gasteiger partial charge in [0.2, 0.25) is 5.91 Å². The number of esters is 1. The minimum atomic E-state index is -0.621. The van der Waals surface area contributed by atoms with E-state index in [1.807, 2.05) is 0 Å². The summed E-state index contributed by atoms with van der Waals surface area (Å²) in [5, 5.41) is 2.58. The number of para-hydroxylation sites is 1. The van der Waals surface area contributed by atoms with Crippen LogP contribution in [0.5, 0.6) is 0 Å². The lowest BCUT2D eigenvalue weighted by molar-refractivity contribution is -0.141. The van der Waals surface area contributed by atoms with E-state index in [-0.39, 0.29) is 24.6 Å². The van der Waals surface area contributed by atoms with Gasteiger partial charge in [0.25, 0.3) is 5.91 Å². The third-order valence-electron chi connectivity index (χ3n) is 2.51. The molecule has 0 unspecified atom stereocenters. The Morgan fingerprint density at radius 1 is 1.25 bits per heavy atom. The Bertz CT molecular complexity index is 516. The Balaban J connectivity index is 2.63. The number of hydrogen-bond acceptors (Lipinski definition) is 5. The molecule has 0 bridgehead atoms. The van der Waals surface area contributed by atoms with Gasteiger partial charge in [-0.25, -0.2) is 0 Å². The van der Waals surface area contributed by atoms with Gasteiger partial charge in [-0.1, -0.05) is 12.1 Å². The summed E-state index contributed by atoms with van der Waals surface area (Å²) in [6, 6.07) is 6.44. The van der Waals surface area contributed by atoms with E-state index in [0.717, 1.165) is 0 Å². The lowest BCUT2D eigenvalue weighted by Gasteiger charge is -2.15. The summed E-state index contributed by atoms with van der Waals surface area (Å²) in [6.45, 7) is -0.0103. The van der Waals surface area contributed by atoms with E-state index >= 15 is 0 Å². The molecule has 0 aliphatic rings. The molecular formula is C13H17N3O4. The molecule has 0 spiro atoms. The van der Waals surface area contributed by atoms with Crippen LogP contribution in [0.15, 0.2) is 24.3 Å². The zero-order chi connectivity index (χ0) is 15.1. The fourth-order valence-electron chi connectivity index (χ4n) is 1.58. The van der Waals surface area contributed by atoms with Crippen molar-refractivity contribution in [3.05, 3.63) is 29.8 Å². The maximum Gasteiger partial charge on any atom is 0.319 e. The molecule has 7 heteroatoms. The van der Waals surface area contributed by atoms with Crippen LogP contribution in [0.4, 0.5) is 5.69 Å². The number of benzene rings is 1. The molecule has 0 aliphatic heterocycles. The van der Waals surface area contributed by atoms with E-state index in [2.05, 4.69) is 10.1 Å². The van der Waals surface area contributed by atoms with Crippen LogP contribution in [0.25, 0.3) is 0 Å². The SMILES string of the molecule is COC(=O)CN(C)CC(=O)Nc1ccccc1C(N)=O. The van der Waals surface area contributed by atoms with Crippen LogP contribution in [-0.2, 0) is 14.3 Å². The predicted molar refractivity (Wildman–Crippen MR) is 73.1 cm³/mol. The van der Waals surface area contributed by atoms with E-state index in [0.29, 0.717) is 5.69 Å². The molecule has 0 heterocycles. The topological polar surface area (TPSA) is 102 Å². The first-order valence-corrected chi connectivity index (χ1v) is 5.88. The molecule has 0 aliphatic carbocycles. The largest absolute Gasteiger partial charge is 0.468 e. The van der Waals surface area contributed by atoms with Gasteiger partial charge >= 0.3 is 5.97 Å². The summed E-state index contributed by atoms with van der Waals surface area (Å²) < 4.78 is 4.50. The third-order valence-corrected chi connectivity index (χ3v) is 2.51. The number of nitrogens with one attached hydrogen (secondary N) is 1. The monoisotopic (exact) mass is 279 g/mol. The van der Waals surface area contributed by atoms with Gasteiger partial charge in [0.15, 0.2) is 0 Å². The zero-order valence-corrected chi connectivity index (χ0v) is 11.4. The average Bonchev–Trinajstić information content (AvgIpc) is 2.38. The van der Waals surface area contributed by atoms with Crippen molar-refractivity contribution in [3.8, 4) is 0 Å². The van der Waals surface area contributed by atoms with Crippen molar-refractivity contribution in [2.24, 2.45) is 5.73 Å². The van der Waals surface area contributed by atoms with Crippen molar-refractivity contribution in [2.45, 2.75) is 0 Å². The summed E-state index contributed by atoms with van der Waals surface area (Å²) in [4.78, 5) is 35.6. The normalized spacial score (nSPS) is 10.2. The van der Waals surface area contributed by atoms with Gasteiger partial charge in [-0.15, -0.1) is 0 Å². The van der Waals surface area contributed by atoms with Crippen LogP contribution in [0.3, 0.4) is 0 Å². The first-order chi connectivity index (χ1) is 9.43. The van der Waals surface area contributed by atoms with Crippen molar-refractivity contribution < 1.29 is 19.1 Å². The van der Waals surface area contributed by atoms with Crippen LogP contribution >= 0.6 is 0 Å². The molecule has 0 aromatic heterocycles. The second kappa shape index (κ2) is 7.25. The summed E-state index contributed by atoms with van der Waals surface area (Å²) in [7, 11) is 2.88. The molecule has 0 saturated heterocycles. The standard InChI is InChI=1S/C13H17N3O4/c1-16(8-12(18)20-2)7-11(17)15-10-6-4-3-5-9(10)13(14)19/h3-6H,7-8H2,1-2H3,(H2,14,19)(H,15,17). The van der Waals surface area contributed by atoms with Gasteiger partial charge in [0, 0.05) is 0 Å². The maximum absolute atomic E-state index is 11.8.